The quantitative estimate of drug-likeness (QED) is 0.749. The van der Waals surface area contributed by atoms with E-state index in [1.54, 1.807) is 0 Å². The van der Waals surface area contributed by atoms with Crippen LogP contribution in [0, 0.1) is 11.3 Å². The van der Waals surface area contributed by atoms with Gasteiger partial charge in [0.2, 0.25) is 5.91 Å². The van der Waals surface area contributed by atoms with E-state index in [4.69, 9.17) is 5.11 Å². The second-order valence-electron chi connectivity index (χ2n) is 5.49. The standard InChI is InChI=1S/C13H23NO3/c1-10(2)9-13(6-3-4-7-13)12(17)14-8-5-11(15)16/h10H,3-9H2,1-2H3,(H,14,17)(H,15,16). The van der Waals surface area contributed by atoms with Crippen molar-refractivity contribution in [3.63, 3.8) is 0 Å². The molecule has 0 aromatic carbocycles. The predicted octanol–water partition coefficient (Wildman–Crippen LogP) is 2.18. The highest BCUT2D eigenvalue weighted by Gasteiger charge is 2.40. The van der Waals surface area contributed by atoms with Crippen molar-refractivity contribution in [1.29, 1.82) is 0 Å². The van der Waals surface area contributed by atoms with Crippen molar-refractivity contribution in [2.45, 2.75) is 52.4 Å². The van der Waals surface area contributed by atoms with E-state index in [1.807, 2.05) is 0 Å². The van der Waals surface area contributed by atoms with Crippen LogP contribution in [0.1, 0.15) is 52.4 Å². The molecule has 1 fully saturated rings. The fourth-order valence-corrected chi connectivity index (χ4v) is 2.83. The maximum absolute atomic E-state index is 12.2. The zero-order valence-electron chi connectivity index (χ0n) is 10.8. The molecule has 0 aliphatic heterocycles. The van der Waals surface area contributed by atoms with E-state index in [0.717, 1.165) is 32.1 Å². The Bertz CT molecular complexity index is 280. The Morgan fingerprint density at radius 1 is 1.29 bits per heavy atom. The molecule has 0 unspecified atom stereocenters. The first-order valence-electron chi connectivity index (χ1n) is 6.46. The topological polar surface area (TPSA) is 66.4 Å². The minimum absolute atomic E-state index is 0.00347. The largest absolute Gasteiger partial charge is 0.481 e. The first-order chi connectivity index (χ1) is 7.96. The van der Waals surface area contributed by atoms with Crippen LogP contribution in [0.15, 0.2) is 0 Å². The van der Waals surface area contributed by atoms with Gasteiger partial charge in [-0.15, -0.1) is 0 Å². The molecule has 1 saturated carbocycles. The molecule has 4 nitrogen and oxygen atoms in total. The summed E-state index contributed by atoms with van der Waals surface area (Å²) in [5, 5.41) is 11.3. The van der Waals surface area contributed by atoms with Crippen LogP contribution in [0.25, 0.3) is 0 Å². The summed E-state index contributed by atoms with van der Waals surface area (Å²) in [4.78, 5) is 22.6. The van der Waals surface area contributed by atoms with Crippen molar-refractivity contribution in [2.24, 2.45) is 11.3 Å². The van der Waals surface area contributed by atoms with Crippen molar-refractivity contribution in [1.82, 2.24) is 5.32 Å². The summed E-state index contributed by atoms with van der Waals surface area (Å²) in [7, 11) is 0. The van der Waals surface area contributed by atoms with Gasteiger partial charge in [-0.1, -0.05) is 26.7 Å². The average Bonchev–Trinajstić information content (AvgIpc) is 2.65. The molecule has 2 N–H and O–H groups in total. The maximum Gasteiger partial charge on any atom is 0.305 e. The lowest BCUT2D eigenvalue weighted by atomic mass is 9.77. The second kappa shape index (κ2) is 6.03. The molecule has 0 bridgehead atoms. The van der Waals surface area contributed by atoms with Gasteiger partial charge in [0.15, 0.2) is 0 Å². The Hall–Kier alpha value is -1.06. The number of amides is 1. The highest BCUT2D eigenvalue weighted by atomic mass is 16.4. The number of carboxylic acids is 1. The molecule has 0 heterocycles. The normalized spacial score (nSPS) is 18.3. The van der Waals surface area contributed by atoms with Gasteiger partial charge in [-0.05, 0) is 25.2 Å². The predicted molar refractivity (Wildman–Crippen MR) is 65.6 cm³/mol. The molecule has 98 valence electrons. The summed E-state index contributed by atoms with van der Waals surface area (Å²) in [6.45, 7) is 4.50. The Morgan fingerprint density at radius 3 is 2.35 bits per heavy atom. The van der Waals surface area contributed by atoms with Crippen LogP contribution in [0.5, 0.6) is 0 Å². The minimum Gasteiger partial charge on any atom is -0.481 e. The summed E-state index contributed by atoms with van der Waals surface area (Å²) in [5.74, 6) is -0.307. The van der Waals surface area contributed by atoms with Crippen LogP contribution in [0.3, 0.4) is 0 Å². The summed E-state index contributed by atoms with van der Waals surface area (Å²) >= 11 is 0. The zero-order chi connectivity index (χ0) is 12.9. The average molecular weight is 241 g/mol. The molecule has 0 saturated heterocycles. The summed E-state index contributed by atoms with van der Waals surface area (Å²) in [5.41, 5.74) is -0.229. The first-order valence-corrected chi connectivity index (χ1v) is 6.46. The smallest absolute Gasteiger partial charge is 0.305 e. The Balaban J connectivity index is 2.52. The third-order valence-corrected chi connectivity index (χ3v) is 3.47. The Labute approximate surface area is 103 Å². The van der Waals surface area contributed by atoms with Gasteiger partial charge in [-0.2, -0.15) is 0 Å². The molecular weight excluding hydrogens is 218 g/mol. The second-order valence-corrected chi connectivity index (χ2v) is 5.49. The summed E-state index contributed by atoms with van der Waals surface area (Å²) in [6, 6.07) is 0. The molecule has 1 aliphatic rings. The lowest BCUT2D eigenvalue weighted by Crippen LogP contribution is -2.40. The van der Waals surface area contributed by atoms with Crippen molar-refractivity contribution < 1.29 is 14.7 Å². The van der Waals surface area contributed by atoms with Crippen molar-refractivity contribution in [2.75, 3.05) is 6.54 Å². The molecule has 0 atom stereocenters. The first kappa shape index (κ1) is 14.0. The van der Waals surface area contributed by atoms with Crippen molar-refractivity contribution >= 4 is 11.9 Å². The van der Waals surface area contributed by atoms with Crippen molar-refractivity contribution in [3.05, 3.63) is 0 Å². The van der Waals surface area contributed by atoms with Gasteiger partial charge in [0.05, 0.1) is 6.42 Å². The lowest BCUT2D eigenvalue weighted by Gasteiger charge is -2.29. The van der Waals surface area contributed by atoms with Gasteiger partial charge >= 0.3 is 5.97 Å². The Morgan fingerprint density at radius 2 is 1.88 bits per heavy atom. The van der Waals surface area contributed by atoms with Gasteiger partial charge in [0.1, 0.15) is 0 Å². The molecule has 1 rings (SSSR count). The fourth-order valence-electron chi connectivity index (χ4n) is 2.83. The highest BCUT2D eigenvalue weighted by Crippen LogP contribution is 2.43. The molecule has 4 heteroatoms. The molecule has 1 amide bonds. The molecule has 0 aromatic rings. The van der Waals surface area contributed by atoms with Crippen molar-refractivity contribution in [3.8, 4) is 0 Å². The minimum atomic E-state index is -0.866. The number of hydrogen-bond acceptors (Lipinski definition) is 2. The van der Waals surface area contributed by atoms with Crippen LogP contribution < -0.4 is 5.32 Å². The molecule has 0 spiro atoms. The van der Waals surface area contributed by atoms with Crippen LogP contribution in [-0.4, -0.2) is 23.5 Å². The lowest BCUT2D eigenvalue weighted by molar-refractivity contribution is -0.137. The number of carbonyl (C=O) groups excluding carboxylic acids is 1. The van der Waals surface area contributed by atoms with Gasteiger partial charge in [0.25, 0.3) is 0 Å². The summed E-state index contributed by atoms with van der Waals surface area (Å²) in [6.07, 6.45) is 5.03. The molecular formula is C13H23NO3. The van der Waals surface area contributed by atoms with Crippen LogP contribution in [0.4, 0.5) is 0 Å². The number of hydrogen-bond donors (Lipinski definition) is 2. The van der Waals surface area contributed by atoms with E-state index in [-0.39, 0.29) is 24.3 Å². The van der Waals surface area contributed by atoms with E-state index in [2.05, 4.69) is 19.2 Å². The zero-order valence-corrected chi connectivity index (χ0v) is 10.8. The summed E-state index contributed by atoms with van der Waals surface area (Å²) < 4.78 is 0. The van der Waals surface area contributed by atoms with E-state index in [1.165, 1.54) is 0 Å². The third kappa shape index (κ3) is 4.02. The Kier molecular flexibility index (Phi) is 4.97. The number of carboxylic acid groups (broad SMARTS) is 1. The molecule has 0 aromatic heterocycles. The molecule has 17 heavy (non-hydrogen) atoms. The fraction of sp³-hybridized carbons (Fsp3) is 0.846. The van der Waals surface area contributed by atoms with Gasteiger partial charge in [-0.3, -0.25) is 9.59 Å². The number of aliphatic carboxylic acids is 1. The van der Waals surface area contributed by atoms with E-state index in [0.29, 0.717) is 5.92 Å². The van der Waals surface area contributed by atoms with Gasteiger partial charge in [-0.25, -0.2) is 0 Å². The maximum atomic E-state index is 12.2. The van der Waals surface area contributed by atoms with Crippen LogP contribution in [0.2, 0.25) is 0 Å². The van der Waals surface area contributed by atoms with E-state index >= 15 is 0 Å². The SMILES string of the molecule is CC(C)CC1(C(=O)NCCC(=O)O)CCCC1. The highest BCUT2D eigenvalue weighted by molar-refractivity contribution is 5.83. The van der Waals surface area contributed by atoms with E-state index < -0.39 is 5.97 Å². The number of carbonyl (C=O) groups is 2. The molecule has 0 radical (unpaired) electrons. The third-order valence-electron chi connectivity index (χ3n) is 3.47. The number of nitrogens with one attached hydrogen (secondary N) is 1. The van der Waals surface area contributed by atoms with Crippen LogP contribution >= 0.6 is 0 Å². The van der Waals surface area contributed by atoms with Crippen LogP contribution in [-0.2, 0) is 9.59 Å². The van der Waals surface area contributed by atoms with Gasteiger partial charge in [0, 0.05) is 12.0 Å². The number of rotatable bonds is 6. The molecule has 1 aliphatic carbocycles. The van der Waals surface area contributed by atoms with Gasteiger partial charge < -0.3 is 10.4 Å². The van der Waals surface area contributed by atoms with E-state index in [9.17, 15) is 9.59 Å². The monoisotopic (exact) mass is 241 g/mol.